The van der Waals surface area contributed by atoms with Gasteiger partial charge in [-0.05, 0) is 43.0 Å². The molecule has 3 N–H and O–H groups in total. The van der Waals surface area contributed by atoms with Crippen molar-refractivity contribution in [3.8, 4) is 5.75 Å². The van der Waals surface area contributed by atoms with Crippen LogP contribution in [0.2, 0.25) is 0 Å². The number of amides is 1. The Kier molecular flexibility index (Phi) is 4.98. The minimum Gasteiger partial charge on any atom is -0.508 e. The van der Waals surface area contributed by atoms with Crippen LogP contribution in [-0.4, -0.2) is 28.1 Å². The third-order valence-corrected chi connectivity index (χ3v) is 3.69. The molecule has 1 aromatic rings. The minimum atomic E-state index is -0.784. The van der Waals surface area contributed by atoms with Crippen molar-refractivity contribution in [1.82, 2.24) is 5.32 Å². The van der Waals surface area contributed by atoms with Gasteiger partial charge in [-0.3, -0.25) is 9.59 Å². The van der Waals surface area contributed by atoms with Crippen LogP contribution in [0.4, 0.5) is 0 Å². The molecule has 2 atom stereocenters. The number of hydrogen-bond donors (Lipinski definition) is 3. The van der Waals surface area contributed by atoms with Crippen molar-refractivity contribution in [3.05, 3.63) is 35.9 Å². The standard InChI is InChI=1S/C16H19NO4/c18-14-7-4-11(5-8-14)6-9-15(19)17-13-3-1-2-12(10-13)16(20)21/h4-9,12-13,18H,1-3,10H2,(H,17,19)(H,20,21). The van der Waals surface area contributed by atoms with Crippen LogP contribution in [0.3, 0.4) is 0 Å². The van der Waals surface area contributed by atoms with Gasteiger partial charge in [0.15, 0.2) is 0 Å². The summed E-state index contributed by atoms with van der Waals surface area (Å²) in [6.45, 7) is 0. The molecule has 0 radical (unpaired) electrons. The molecule has 0 bridgehead atoms. The molecule has 21 heavy (non-hydrogen) atoms. The molecule has 5 nitrogen and oxygen atoms in total. The third kappa shape index (κ3) is 4.63. The Bertz CT molecular complexity index is 536. The van der Waals surface area contributed by atoms with E-state index in [-0.39, 0.29) is 23.6 Å². The summed E-state index contributed by atoms with van der Waals surface area (Å²) in [6, 6.07) is 6.45. The Balaban J connectivity index is 1.86. The summed E-state index contributed by atoms with van der Waals surface area (Å²) in [5.74, 6) is -1.18. The number of rotatable bonds is 4. The summed E-state index contributed by atoms with van der Waals surface area (Å²) in [5, 5.41) is 21.0. The Morgan fingerprint density at radius 1 is 1.19 bits per heavy atom. The molecule has 1 aliphatic carbocycles. The number of phenols is 1. The molecule has 0 saturated heterocycles. The lowest BCUT2D eigenvalue weighted by atomic mass is 9.86. The summed E-state index contributed by atoms with van der Waals surface area (Å²) >= 11 is 0. The van der Waals surface area contributed by atoms with E-state index in [1.54, 1.807) is 30.3 Å². The fourth-order valence-electron chi connectivity index (χ4n) is 2.55. The summed E-state index contributed by atoms with van der Waals surface area (Å²) in [6.07, 6.45) is 5.91. The van der Waals surface area contributed by atoms with Crippen LogP contribution in [-0.2, 0) is 9.59 Å². The van der Waals surface area contributed by atoms with Crippen molar-refractivity contribution >= 4 is 18.0 Å². The van der Waals surface area contributed by atoms with E-state index >= 15 is 0 Å². The van der Waals surface area contributed by atoms with Crippen molar-refractivity contribution in [2.24, 2.45) is 5.92 Å². The molecule has 1 aliphatic rings. The van der Waals surface area contributed by atoms with Crippen LogP contribution in [0, 0.1) is 5.92 Å². The van der Waals surface area contributed by atoms with E-state index < -0.39 is 5.97 Å². The number of carboxylic acid groups (broad SMARTS) is 1. The third-order valence-electron chi connectivity index (χ3n) is 3.69. The second-order valence-corrected chi connectivity index (χ2v) is 5.33. The van der Waals surface area contributed by atoms with Gasteiger partial charge in [0, 0.05) is 12.1 Å². The van der Waals surface area contributed by atoms with Gasteiger partial charge in [-0.1, -0.05) is 18.6 Å². The Hall–Kier alpha value is -2.30. The van der Waals surface area contributed by atoms with Gasteiger partial charge in [0.05, 0.1) is 5.92 Å². The first kappa shape index (κ1) is 15.1. The van der Waals surface area contributed by atoms with Gasteiger partial charge in [0.1, 0.15) is 5.75 Å². The van der Waals surface area contributed by atoms with Crippen molar-refractivity contribution in [2.75, 3.05) is 0 Å². The number of benzene rings is 1. The Morgan fingerprint density at radius 2 is 1.90 bits per heavy atom. The van der Waals surface area contributed by atoms with Gasteiger partial charge in [-0.2, -0.15) is 0 Å². The van der Waals surface area contributed by atoms with Crippen molar-refractivity contribution < 1.29 is 19.8 Å². The van der Waals surface area contributed by atoms with Gasteiger partial charge < -0.3 is 15.5 Å². The number of aromatic hydroxyl groups is 1. The topological polar surface area (TPSA) is 86.6 Å². The van der Waals surface area contributed by atoms with Gasteiger partial charge >= 0.3 is 5.97 Å². The predicted octanol–water partition coefficient (Wildman–Crippen LogP) is 2.17. The first-order valence-electron chi connectivity index (χ1n) is 7.05. The molecule has 0 aromatic heterocycles. The zero-order valence-electron chi connectivity index (χ0n) is 11.7. The zero-order valence-corrected chi connectivity index (χ0v) is 11.7. The van der Waals surface area contributed by atoms with E-state index in [0.29, 0.717) is 12.8 Å². The number of nitrogens with one attached hydrogen (secondary N) is 1. The summed E-state index contributed by atoms with van der Waals surface area (Å²) in [4.78, 5) is 22.8. The van der Waals surface area contributed by atoms with E-state index in [0.717, 1.165) is 18.4 Å². The molecule has 1 aromatic carbocycles. The Labute approximate surface area is 123 Å². The number of phenolic OH excluding ortho intramolecular Hbond substituents is 1. The quantitative estimate of drug-likeness (QED) is 0.741. The molecule has 2 unspecified atom stereocenters. The fraction of sp³-hybridized carbons (Fsp3) is 0.375. The summed E-state index contributed by atoms with van der Waals surface area (Å²) in [5.41, 5.74) is 0.815. The van der Waals surface area contributed by atoms with Crippen molar-refractivity contribution in [1.29, 1.82) is 0 Å². The average molecular weight is 289 g/mol. The highest BCUT2D eigenvalue weighted by Gasteiger charge is 2.27. The smallest absolute Gasteiger partial charge is 0.306 e. The first-order valence-corrected chi connectivity index (χ1v) is 7.05. The van der Waals surface area contributed by atoms with Gasteiger partial charge in [0.25, 0.3) is 0 Å². The molecule has 1 saturated carbocycles. The molecule has 5 heteroatoms. The van der Waals surface area contributed by atoms with Crippen LogP contribution >= 0.6 is 0 Å². The van der Waals surface area contributed by atoms with E-state index in [9.17, 15) is 9.59 Å². The number of aliphatic carboxylic acids is 1. The molecule has 2 rings (SSSR count). The van der Waals surface area contributed by atoms with E-state index in [1.807, 2.05) is 0 Å². The lowest BCUT2D eigenvalue weighted by Crippen LogP contribution is -2.39. The highest BCUT2D eigenvalue weighted by molar-refractivity contribution is 5.92. The number of carboxylic acids is 1. The fourth-order valence-corrected chi connectivity index (χ4v) is 2.55. The monoisotopic (exact) mass is 289 g/mol. The van der Waals surface area contributed by atoms with Crippen LogP contribution in [0.1, 0.15) is 31.2 Å². The van der Waals surface area contributed by atoms with Gasteiger partial charge in [0.2, 0.25) is 5.91 Å². The maximum absolute atomic E-state index is 11.8. The maximum Gasteiger partial charge on any atom is 0.306 e. The minimum absolute atomic E-state index is 0.0724. The van der Waals surface area contributed by atoms with Crippen LogP contribution in [0.25, 0.3) is 6.08 Å². The van der Waals surface area contributed by atoms with Gasteiger partial charge in [-0.15, -0.1) is 0 Å². The van der Waals surface area contributed by atoms with Crippen LogP contribution in [0.15, 0.2) is 30.3 Å². The molecule has 112 valence electrons. The highest BCUT2D eigenvalue weighted by Crippen LogP contribution is 2.24. The normalized spacial score (nSPS) is 22.1. The molecule has 0 aliphatic heterocycles. The largest absolute Gasteiger partial charge is 0.508 e. The second kappa shape index (κ2) is 6.92. The zero-order chi connectivity index (χ0) is 15.2. The lowest BCUT2D eigenvalue weighted by molar-refractivity contribution is -0.143. The van der Waals surface area contributed by atoms with E-state index in [1.165, 1.54) is 6.08 Å². The molecule has 1 amide bonds. The summed E-state index contributed by atoms with van der Waals surface area (Å²) < 4.78 is 0. The SMILES string of the molecule is O=C(C=Cc1ccc(O)cc1)NC1CCCC(C(=O)O)C1. The summed E-state index contributed by atoms with van der Waals surface area (Å²) in [7, 11) is 0. The van der Waals surface area contributed by atoms with Crippen LogP contribution in [0.5, 0.6) is 5.75 Å². The number of hydrogen-bond acceptors (Lipinski definition) is 3. The molecular weight excluding hydrogens is 270 g/mol. The van der Waals surface area contributed by atoms with Gasteiger partial charge in [-0.25, -0.2) is 0 Å². The predicted molar refractivity (Wildman–Crippen MR) is 78.7 cm³/mol. The van der Waals surface area contributed by atoms with E-state index in [2.05, 4.69) is 5.32 Å². The Morgan fingerprint density at radius 3 is 2.57 bits per heavy atom. The highest BCUT2D eigenvalue weighted by atomic mass is 16.4. The lowest BCUT2D eigenvalue weighted by Gasteiger charge is -2.26. The second-order valence-electron chi connectivity index (χ2n) is 5.33. The van der Waals surface area contributed by atoms with Crippen molar-refractivity contribution in [2.45, 2.75) is 31.7 Å². The molecule has 0 spiro atoms. The molecule has 1 fully saturated rings. The average Bonchev–Trinajstić information content (AvgIpc) is 2.47. The number of carbonyl (C=O) groups excluding carboxylic acids is 1. The molecule has 0 heterocycles. The van der Waals surface area contributed by atoms with E-state index in [4.69, 9.17) is 10.2 Å². The van der Waals surface area contributed by atoms with Crippen molar-refractivity contribution in [3.63, 3.8) is 0 Å². The molecular formula is C16H19NO4. The number of carbonyl (C=O) groups is 2. The van der Waals surface area contributed by atoms with Crippen LogP contribution < -0.4 is 5.32 Å². The first-order chi connectivity index (χ1) is 10.0. The maximum atomic E-state index is 11.8.